The molecule has 2 aromatic rings. The van der Waals surface area contributed by atoms with E-state index in [0.29, 0.717) is 5.69 Å². The molecule has 0 aliphatic rings. The van der Waals surface area contributed by atoms with Crippen LogP contribution in [0.25, 0.3) is 16.1 Å². The summed E-state index contributed by atoms with van der Waals surface area (Å²) < 4.78 is 1.03. The summed E-state index contributed by atoms with van der Waals surface area (Å²) in [5.74, 6) is 0. The summed E-state index contributed by atoms with van der Waals surface area (Å²) in [6, 6.07) is 7.46. The van der Waals surface area contributed by atoms with Gasteiger partial charge in [0.05, 0.1) is 21.4 Å². The molecular formula is C11H6Br2N2S. The summed E-state index contributed by atoms with van der Waals surface area (Å²) in [4.78, 5) is 7.86. The van der Waals surface area contributed by atoms with Gasteiger partial charge in [-0.2, -0.15) is 0 Å². The monoisotopic (exact) mass is 356 g/mol. The minimum atomic E-state index is 0.649. The third kappa shape index (κ3) is 2.34. The van der Waals surface area contributed by atoms with Crippen LogP contribution >= 0.6 is 43.2 Å². The van der Waals surface area contributed by atoms with Gasteiger partial charge in [-0.25, -0.2) is 9.83 Å². The summed E-state index contributed by atoms with van der Waals surface area (Å²) >= 11 is 8.51. The normalized spacial score (nSPS) is 10.1. The van der Waals surface area contributed by atoms with E-state index in [-0.39, 0.29) is 0 Å². The van der Waals surface area contributed by atoms with E-state index in [4.69, 9.17) is 6.57 Å². The van der Waals surface area contributed by atoms with Gasteiger partial charge in [-0.1, -0.05) is 40.2 Å². The number of hydrogen-bond donors (Lipinski definition) is 0. The smallest absolute Gasteiger partial charge is 0.187 e. The second-order valence-corrected chi connectivity index (χ2v) is 5.98. The number of thiazole rings is 1. The highest BCUT2D eigenvalue weighted by Crippen LogP contribution is 2.34. The number of nitrogens with zero attached hydrogens (tertiary/aromatic N) is 2. The van der Waals surface area contributed by atoms with E-state index in [2.05, 4.69) is 41.7 Å². The molecule has 80 valence electrons. The van der Waals surface area contributed by atoms with Gasteiger partial charge in [0.1, 0.15) is 5.01 Å². The van der Waals surface area contributed by atoms with Crippen LogP contribution in [-0.4, -0.2) is 4.98 Å². The van der Waals surface area contributed by atoms with Crippen molar-refractivity contribution in [3.05, 3.63) is 44.5 Å². The van der Waals surface area contributed by atoms with E-state index in [1.165, 1.54) is 0 Å². The van der Waals surface area contributed by atoms with Crippen LogP contribution in [0.2, 0.25) is 0 Å². The zero-order valence-electron chi connectivity index (χ0n) is 8.08. The number of benzene rings is 1. The summed E-state index contributed by atoms with van der Waals surface area (Å²) in [6.45, 7) is 6.89. The van der Waals surface area contributed by atoms with Crippen LogP contribution in [-0.2, 0) is 5.33 Å². The van der Waals surface area contributed by atoms with Crippen molar-refractivity contribution >= 4 is 48.9 Å². The van der Waals surface area contributed by atoms with E-state index in [1.54, 1.807) is 11.3 Å². The maximum atomic E-state index is 6.89. The Kier molecular flexibility index (Phi) is 3.74. The molecule has 0 fully saturated rings. The Morgan fingerprint density at radius 1 is 1.31 bits per heavy atom. The first-order valence-electron chi connectivity index (χ1n) is 4.43. The molecule has 5 heteroatoms. The fraction of sp³-hybridized carbons (Fsp3) is 0.0909. The molecule has 0 saturated carbocycles. The molecule has 0 amide bonds. The first kappa shape index (κ1) is 11.8. The topological polar surface area (TPSA) is 17.2 Å². The van der Waals surface area contributed by atoms with Crippen molar-refractivity contribution in [2.45, 2.75) is 5.33 Å². The molecule has 2 nitrogen and oxygen atoms in total. The van der Waals surface area contributed by atoms with Crippen molar-refractivity contribution in [1.82, 2.24) is 4.98 Å². The predicted octanol–water partition coefficient (Wildman–Crippen LogP) is 5.02. The van der Waals surface area contributed by atoms with Gasteiger partial charge in [0.15, 0.2) is 5.69 Å². The third-order valence-corrected chi connectivity index (χ3v) is 4.62. The zero-order chi connectivity index (χ0) is 11.5. The Hall–Kier alpha value is -0.700. The summed E-state index contributed by atoms with van der Waals surface area (Å²) in [5, 5.41) is 1.80. The van der Waals surface area contributed by atoms with Gasteiger partial charge in [-0.05, 0) is 21.5 Å². The van der Waals surface area contributed by atoms with Crippen LogP contribution in [0.3, 0.4) is 0 Å². The maximum absolute atomic E-state index is 6.89. The van der Waals surface area contributed by atoms with Crippen molar-refractivity contribution in [2.24, 2.45) is 0 Å². The zero-order valence-corrected chi connectivity index (χ0v) is 12.1. The fourth-order valence-electron chi connectivity index (χ4n) is 1.27. The summed E-state index contributed by atoms with van der Waals surface area (Å²) in [5.41, 5.74) is 2.62. The molecule has 1 aromatic heterocycles. The maximum Gasteiger partial charge on any atom is 0.187 e. The molecular weight excluding hydrogens is 352 g/mol. The van der Waals surface area contributed by atoms with Gasteiger partial charge >= 0.3 is 0 Å². The van der Waals surface area contributed by atoms with Crippen LogP contribution in [0.15, 0.2) is 28.1 Å². The standard InChI is InChI=1S/C11H6Br2N2S/c1-14-8-4-2-7(3-5-8)10-11(13)16-9(6-12)15-10/h2-5H,6H2. The Bertz CT molecular complexity index is 540. The quantitative estimate of drug-likeness (QED) is 0.545. The number of aromatic nitrogens is 1. The number of halogens is 2. The Morgan fingerprint density at radius 3 is 2.50 bits per heavy atom. The molecule has 0 spiro atoms. The molecule has 1 aromatic carbocycles. The molecule has 0 aliphatic carbocycles. The van der Waals surface area contributed by atoms with E-state index in [1.807, 2.05) is 24.3 Å². The summed E-state index contributed by atoms with van der Waals surface area (Å²) in [6.07, 6.45) is 0. The van der Waals surface area contributed by atoms with Gasteiger partial charge in [0, 0.05) is 0 Å². The highest BCUT2D eigenvalue weighted by atomic mass is 79.9. The second kappa shape index (κ2) is 5.09. The van der Waals surface area contributed by atoms with Crippen LogP contribution in [0.5, 0.6) is 0 Å². The molecule has 0 aliphatic heterocycles. The number of rotatable bonds is 2. The second-order valence-electron chi connectivity index (χ2n) is 3.02. The van der Waals surface area contributed by atoms with Crippen molar-refractivity contribution in [2.75, 3.05) is 0 Å². The van der Waals surface area contributed by atoms with E-state index < -0.39 is 0 Å². The van der Waals surface area contributed by atoms with Crippen LogP contribution in [0, 0.1) is 6.57 Å². The van der Waals surface area contributed by atoms with Gasteiger partial charge in [0.2, 0.25) is 0 Å². The fourth-order valence-corrected chi connectivity index (χ4v) is 3.28. The average Bonchev–Trinajstić information content (AvgIpc) is 2.71. The van der Waals surface area contributed by atoms with Crippen LogP contribution in [0.4, 0.5) is 5.69 Å². The molecule has 2 rings (SSSR count). The Balaban J connectivity index is 2.42. The first-order valence-corrected chi connectivity index (χ1v) is 7.16. The average molecular weight is 358 g/mol. The molecule has 0 unspecified atom stereocenters. The van der Waals surface area contributed by atoms with Crippen molar-refractivity contribution in [1.29, 1.82) is 0 Å². The van der Waals surface area contributed by atoms with Crippen LogP contribution < -0.4 is 0 Å². The lowest BCUT2D eigenvalue weighted by atomic mass is 10.1. The lowest BCUT2D eigenvalue weighted by molar-refractivity contribution is 1.28. The van der Waals surface area contributed by atoms with Gasteiger partial charge in [-0.3, -0.25) is 0 Å². The Labute approximate surface area is 114 Å². The minimum Gasteiger partial charge on any atom is -0.239 e. The van der Waals surface area contributed by atoms with Gasteiger partial charge in [0.25, 0.3) is 0 Å². The molecule has 0 saturated heterocycles. The van der Waals surface area contributed by atoms with Crippen molar-refractivity contribution in [3.8, 4) is 11.3 Å². The van der Waals surface area contributed by atoms with E-state index in [9.17, 15) is 0 Å². The summed E-state index contributed by atoms with van der Waals surface area (Å²) in [7, 11) is 0. The number of alkyl halides is 1. The predicted molar refractivity (Wildman–Crippen MR) is 74.1 cm³/mol. The highest BCUT2D eigenvalue weighted by Gasteiger charge is 2.09. The number of hydrogen-bond acceptors (Lipinski definition) is 2. The van der Waals surface area contributed by atoms with E-state index >= 15 is 0 Å². The largest absolute Gasteiger partial charge is 0.239 e. The van der Waals surface area contributed by atoms with Gasteiger partial charge in [-0.15, -0.1) is 11.3 Å². The van der Waals surface area contributed by atoms with Crippen LogP contribution in [0.1, 0.15) is 5.01 Å². The van der Waals surface area contributed by atoms with Gasteiger partial charge < -0.3 is 0 Å². The lowest BCUT2D eigenvalue weighted by Gasteiger charge is -1.97. The third-order valence-electron chi connectivity index (χ3n) is 2.01. The SMILES string of the molecule is [C-]#[N+]c1ccc(-c2nc(CBr)sc2Br)cc1. The van der Waals surface area contributed by atoms with Crippen molar-refractivity contribution < 1.29 is 0 Å². The minimum absolute atomic E-state index is 0.649. The molecule has 1 heterocycles. The molecule has 0 bridgehead atoms. The molecule has 16 heavy (non-hydrogen) atoms. The molecule has 0 atom stereocenters. The molecule has 0 radical (unpaired) electrons. The van der Waals surface area contributed by atoms with E-state index in [0.717, 1.165) is 25.4 Å². The van der Waals surface area contributed by atoms with Crippen molar-refractivity contribution in [3.63, 3.8) is 0 Å². The first-order chi connectivity index (χ1) is 7.74. The highest BCUT2D eigenvalue weighted by molar-refractivity contribution is 9.11. The Morgan fingerprint density at radius 2 is 2.00 bits per heavy atom. The lowest BCUT2D eigenvalue weighted by Crippen LogP contribution is -1.79. The molecule has 0 N–H and O–H groups in total.